The number of amides is 1. The summed E-state index contributed by atoms with van der Waals surface area (Å²) in [5.41, 5.74) is 3.72. The summed E-state index contributed by atoms with van der Waals surface area (Å²) in [6.07, 6.45) is 6.89. The summed E-state index contributed by atoms with van der Waals surface area (Å²) in [6, 6.07) is 12.0. The van der Waals surface area contributed by atoms with Gasteiger partial charge in [-0.3, -0.25) is 14.8 Å². The maximum Gasteiger partial charge on any atom is 0.254 e. The van der Waals surface area contributed by atoms with Crippen LogP contribution in [0.15, 0.2) is 55.0 Å². The maximum atomic E-state index is 13.1. The normalized spacial score (nSPS) is 21.6. The van der Waals surface area contributed by atoms with E-state index in [4.69, 9.17) is 0 Å². The molecular formula is C19H17N5O. The summed E-state index contributed by atoms with van der Waals surface area (Å²) in [4.78, 5) is 19.4. The van der Waals surface area contributed by atoms with Crippen LogP contribution < -0.4 is 10.2 Å². The molecule has 2 aromatic heterocycles. The number of anilines is 2. The Hall–Kier alpha value is -3.15. The average Bonchev–Trinajstić information content (AvgIpc) is 3.36. The fourth-order valence-corrected chi connectivity index (χ4v) is 3.82. The van der Waals surface area contributed by atoms with Crippen LogP contribution in [0.5, 0.6) is 0 Å². The predicted octanol–water partition coefficient (Wildman–Crippen LogP) is 2.62. The van der Waals surface area contributed by atoms with Crippen molar-refractivity contribution in [2.75, 3.05) is 16.8 Å². The largest absolute Gasteiger partial charge is 0.371 e. The van der Waals surface area contributed by atoms with E-state index in [2.05, 4.69) is 26.6 Å². The SMILES string of the molecule is O=C1N(c2ccc(-c3cn[nH]c3)cn2)CCC12Cc1ccccc1N2. The molecule has 124 valence electrons. The minimum Gasteiger partial charge on any atom is -0.371 e. The lowest BCUT2D eigenvalue weighted by atomic mass is 9.94. The Kier molecular flexibility index (Phi) is 2.94. The molecule has 0 aliphatic carbocycles. The molecule has 2 aliphatic heterocycles. The number of nitrogens with one attached hydrogen (secondary N) is 2. The molecule has 25 heavy (non-hydrogen) atoms. The van der Waals surface area contributed by atoms with Gasteiger partial charge < -0.3 is 5.32 Å². The smallest absolute Gasteiger partial charge is 0.254 e. The van der Waals surface area contributed by atoms with Crippen LogP contribution in [-0.4, -0.2) is 33.2 Å². The fraction of sp³-hybridized carbons (Fsp3) is 0.211. The first-order valence-electron chi connectivity index (χ1n) is 8.38. The third-order valence-corrected chi connectivity index (χ3v) is 5.16. The molecule has 1 spiro atoms. The van der Waals surface area contributed by atoms with Gasteiger partial charge in [0.05, 0.1) is 6.20 Å². The van der Waals surface area contributed by atoms with Crippen LogP contribution >= 0.6 is 0 Å². The van der Waals surface area contributed by atoms with Crippen molar-refractivity contribution < 1.29 is 4.79 Å². The number of aromatic nitrogens is 3. The van der Waals surface area contributed by atoms with Crippen molar-refractivity contribution in [2.24, 2.45) is 0 Å². The highest BCUT2D eigenvalue weighted by Crippen LogP contribution is 2.40. The molecular weight excluding hydrogens is 314 g/mol. The van der Waals surface area contributed by atoms with Crippen molar-refractivity contribution in [2.45, 2.75) is 18.4 Å². The summed E-state index contributed by atoms with van der Waals surface area (Å²) < 4.78 is 0. The molecule has 6 nitrogen and oxygen atoms in total. The number of carbonyl (C=O) groups excluding carboxylic acids is 1. The monoisotopic (exact) mass is 331 g/mol. The van der Waals surface area contributed by atoms with E-state index >= 15 is 0 Å². The second-order valence-corrected chi connectivity index (χ2v) is 6.64. The lowest BCUT2D eigenvalue weighted by Crippen LogP contribution is -2.45. The molecule has 0 saturated carbocycles. The van der Waals surface area contributed by atoms with E-state index in [0.29, 0.717) is 12.4 Å². The summed E-state index contributed by atoms with van der Waals surface area (Å²) in [6.45, 7) is 0.678. The zero-order chi connectivity index (χ0) is 16.9. The number of hydrogen-bond acceptors (Lipinski definition) is 4. The number of H-pyrrole nitrogens is 1. The quantitative estimate of drug-likeness (QED) is 0.757. The lowest BCUT2D eigenvalue weighted by molar-refractivity contribution is -0.120. The molecule has 1 amide bonds. The van der Waals surface area contributed by atoms with Crippen molar-refractivity contribution in [3.8, 4) is 11.1 Å². The third kappa shape index (κ3) is 2.14. The predicted molar refractivity (Wildman–Crippen MR) is 95.3 cm³/mol. The van der Waals surface area contributed by atoms with Crippen LogP contribution in [0.4, 0.5) is 11.5 Å². The Morgan fingerprint density at radius 1 is 1.08 bits per heavy atom. The molecule has 1 unspecified atom stereocenters. The van der Waals surface area contributed by atoms with Crippen molar-refractivity contribution in [1.29, 1.82) is 0 Å². The van der Waals surface area contributed by atoms with E-state index in [-0.39, 0.29) is 5.91 Å². The van der Waals surface area contributed by atoms with E-state index in [1.54, 1.807) is 17.3 Å². The molecule has 0 bridgehead atoms. The van der Waals surface area contributed by atoms with Gasteiger partial charge in [-0.2, -0.15) is 5.10 Å². The van der Waals surface area contributed by atoms with Crippen molar-refractivity contribution in [1.82, 2.24) is 15.2 Å². The number of aromatic amines is 1. The molecule has 2 N–H and O–H groups in total. The Morgan fingerprint density at radius 3 is 2.76 bits per heavy atom. The van der Waals surface area contributed by atoms with Gasteiger partial charge in [0.25, 0.3) is 5.91 Å². The van der Waals surface area contributed by atoms with Crippen LogP contribution in [0.1, 0.15) is 12.0 Å². The summed E-state index contributed by atoms with van der Waals surface area (Å²) in [5.74, 6) is 0.805. The number of fused-ring (bicyclic) bond motifs is 1. The second kappa shape index (κ2) is 5.17. The Labute approximate surface area is 144 Å². The van der Waals surface area contributed by atoms with E-state index in [0.717, 1.165) is 29.7 Å². The standard InChI is InChI=1S/C19H17N5O/c25-18-19(9-13-3-1-2-4-16(13)23-19)7-8-24(18)17-6-5-14(10-20-17)15-11-21-22-12-15/h1-6,10-12,23H,7-9H2,(H,21,22). The molecule has 6 heteroatoms. The molecule has 4 heterocycles. The topological polar surface area (TPSA) is 73.9 Å². The van der Waals surface area contributed by atoms with Crippen LogP contribution in [0.3, 0.4) is 0 Å². The summed E-state index contributed by atoms with van der Waals surface area (Å²) >= 11 is 0. The van der Waals surface area contributed by atoms with Crippen LogP contribution in [-0.2, 0) is 11.2 Å². The Balaban J connectivity index is 1.41. The Bertz CT molecular complexity index is 908. The van der Waals surface area contributed by atoms with Gasteiger partial charge in [-0.1, -0.05) is 18.2 Å². The van der Waals surface area contributed by atoms with Crippen molar-refractivity contribution in [3.63, 3.8) is 0 Å². The molecule has 1 aromatic carbocycles. The lowest BCUT2D eigenvalue weighted by Gasteiger charge is -2.23. The highest BCUT2D eigenvalue weighted by atomic mass is 16.2. The van der Waals surface area contributed by atoms with Gasteiger partial charge in [-0.25, -0.2) is 4.98 Å². The van der Waals surface area contributed by atoms with Crippen molar-refractivity contribution in [3.05, 3.63) is 60.6 Å². The second-order valence-electron chi connectivity index (χ2n) is 6.64. The van der Waals surface area contributed by atoms with Crippen LogP contribution in [0, 0.1) is 0 Å². The van der Waals surface area contributed by atoms with Crippen LogP contribution in [0.25, 0.3) is 11.1 Å². The first-order valence-corrected chi connectivity index (χ1v) is 8.38. The van der Waals surface area contributed by atoms with E-state index < -0.39 is 5.54 Å². The highest BCUT2D eigenvalue weighted by Gasteiger charge is 2.50. The molecule has 0 radical (unpaired) electrons. The van der Waals surface area contributed by atoms with E-state index in [9.17, 15) is 4.79 Å². The molecule has 1 atom stereocenters. The summed E-state index contributed by atoms with van der Waals surface area (Å²) in [5, 5.41) is 10.2. The van der Waals surface area contributed by atoms with E-state index in [1.807, 2.05) is 36.5 Å². The number of rotatable bonds is 2. The van der Waals surface area contributed by atoms with Gasteiger partial charge in [0, 0.05) is 42.2 Å². The number of nitrogens with zero attached hydrogens (tertiary/aromatic N) is 3. The van der Waals surface area contributed by atoms with Gasteiger partial charge in [0.2, 0.25) is 0 Å². The van der Waals surface area contributed by atoms with Crippen molar-refractivity contribution >= 4 is 17.4 Å². The zero-order valence-electron chi connectivity index (χ0n) is 13.6. The number of carbonyl (C=O) groups is 1. The van der Waals surface area contributed by atoms with Crippen LogP contribution in [0.2, 0.25) is 0 Å². The van der Waals surface area contributed by atoms with Gasteiger partial charge in [0.15, 0.2) is 0 Å². The average molecular weight is 331 g/mol. The van der Waals surface area contributed by atoms with Gasteiger partial charge in [-0.15, -0.1) is 0 Å². The fourth-order valence-electron chi connectivity index (χ4n) is 3.82. The number of hydrogen-bond donors (Lipinski definition) is 2. The van der Waals surface area contributed by atoms with E-state index in [1.165, 1.54) is 5.56 Å². The van der Waals surface area contributed by atoms with Gasteiger partial charge >= 0.3 is 0 Å². The maximum absolute atomic E-state index is 13.1. The number of para-hydroxylation sites is 1. The first kappa shape index (κ1) is 14.2. The number of pyridine rings is 1. The molecule has 5 rings (SSSR count). The van der Waals surface area contributed by atoms with Gasteiger partial charge in [0.1, 0.15) is 11.4 Å². The molecule has 1 fully saturated rings. The molecule has 3 aromatic rings. The zero-order valence-corrected chi connectivity index (χ0v) is 13.6. The molecule has 1 saturated heterocycles. The summed E-state index contributed by atoms with van der Waals surface area (Å²) in [7, 11) is 0. The first-order chi connectivity index (χ1) is 12.3. The highest BCUT2D eigenvalue weighted by molar-refractivity contribution is 6.05. The minimum absolute atomic E-state index is 0.104. The minimum atomic E-state index is -0.519. The Morgan fingerprint density at radius 2 is 2.00 bits per heavy atom. The van der Waals surface area contributed by atoms with Gasteiger partial charge in [-0.05, 0) is 30.2 Å². The third-order valence-electron chi connectivity index (χ3n) is 5.16. The number of benzene rings is 1. The molecule has 2 aliphatic rings.